The molecule has 5 heteroatoms. The second-order valence-corrected chi connectivity index (χ2v) is 6.51. The Bertz CT molecular complexity index is 298. The quantitative estimate of drug-likeness (QED) is 0.496. The van der Waals surface area contributed by atoms with Crippen LogP contribution < -0.4 is 5.32 Å². The smallest absolute Gasteiger partial charge is 0.137 e. The normalized spacial score (nSPS) is 11.7. The summed E-state index contributed by atoms with van der Waals surface area (Å²) in [6, 6.07) is 0. The van der Waals surface area contributed by atoms with Crippen LogP contribution in [0.2, 0.25) is 0 Å². The van der Waals surface area contributed by atoms with E-state index in [1.807, 2.05) is 13.8 Å². The van der Waals surface area contributed by atoms with Crippen LogP contribution in [0.3, 0.4) is 0 Å². The molecular weight excluding hydrogens is 274 g/mol. The topological polar surface area (TPSA) is 47.6 Å². The zero-order chi connectivity index (χ0) is 15.6. The molecule has 0 aromatic carbocycles. The van der Waals surface area contributed by atoms with Gasteiger partial charge in [-0.2, -0.15) is 0 Å². The van der Waals surface area contributed by atoms with Crippen LogP contribution in [0.5, 0.6) is 0 Å². The van der Waals surface area contributed by atoms with E-state index in [9.17, 15) is 4.79 Å². The lowest BCUT2D eigenvalue weighted by molar-refractivity contribution is -0.123. The SMILES string of the molecule is CC(C)C(=O)CCOCCOCCNC(=S)C(C)(C)C. The third-order valence-electron chi connectivity index (χ3n) is 2.72. The van der Waals surface area contributed by atoms with Gasteiger partial charge in [-0.25, -0.2) is 0 Å². The predicted octanol–water partition coefficient (Wildman–Crippen LogP) is 2.60. The van der Waals surface area contributed by atoms with Gasteiger partial charge in [0.15, 0.2) is 0 Å². The highest BCUT2D eigenvalue weighted by atomic mass is 32.1. The highest BCUT2D eigenvalue weighted by Gasteiger charge is 2.15. The first-order valence-electron chi connectivity index (χ1n) is 7.21. The molecule has 0 heterocycles. The molecule has 0 unspecified atom stereocenters. The highest BCUT2D eigenvalue weighted by Crippen LogP contribution is 2.13. The molecule has 0 aliphatic rings. The van der Waals surface area contributed by atoms with E-state index < -0.39 is 0 Å². The number of nitrogens with one attached hydrogen (secondary N) is 1. The molecular formula is C15H29NO3S. The lowest BCUT2D eigenvalue weighted by Crippen LogP contribution is -2.35. The number of ketones is 1. The zero-order valence-corrected chi connectivity index (χ0v) is 14.3. The largest absolute Gasteiger partial charge is 0.379 e. The summed E-state index contributed by atoms with van der Waals surface area (Å²) in [6.07, 6.45) is 0.485. The van der Waals surface area contributed by atoms with Crippen LogP contribution in [0, 0.1) is 11.3 Å². The minimum Gasteiger partial charge on any atom is -0.379 e. The molecule has 0 bridgehead atoms. The van der Waals surface area contributed by atoms with E-state index in [4.69, 9.17) is 21.7 Å². The van der Waals surface area contributed by atoms with Crippen LogP contribution in [0.1, 0.15) is 41.0 Å². The van der Waals surface area contributed by atoms with Crippen molar-refractivity contribution in [2.24, 2.45) is 11.3 Å². The Morgan fingerprint density at radius 3 is 2.15 bits per heavy atom. The third-order valence-corrected chi connectivity index (χ3v) is 3.48. The number of carbonyl (C=O) groups is 1. The van der Waals surface area contributed by atoms with Crippen LogP contribution in [0.4, 0.5) is 0 Å². The molecule has 0 aliphatic carbocycles. The minimum absolute atomic E-state index is 0.00139. The summed E-state index contributed by atoms with van der Waals surface area (Å²) in [5.74, 6) is 0.332. The van der Waals surface area contributed by atoms with Gasteiger partial charge in [-0.1, -0.05) is 46.8 Å². The van der Waals surface area contributed by atoms with Gasteiger partial charge in [0.2, 0.25) is 0 Å². The molecule has 0 aromatic heterocycles. The summed E-state index contributed by atoms with van der Waals surface area (Å²) in [5, 5.41) is 3.17. The number of thiocarbonyl (C=S) groups is 1. The first-order valence-corrected chi connectivity index (χ1v) is 7.62. The molecule has 0 saturated heterocycles. The molecule has 0 rings (SSSR count). The Morgan fingerprint density at radius 2 is 1.65 bits per heavy atom. The molecule has 0 aromatic rings. The molecule has 0 fully saturated rings. The van der Waals surface area contributed by atoms with Gasteiger partial charge in [-0.15, -0.1) is 0 Å². The van der Waals surface area contributed by atoms with Gasteiger partial charge in [0.25, 0.3) is 0 Å². The zero-order valence-electron chi connectivity index (χ0n) is 13.5. The van der Waals surface area contributed by atoms with Crippen molar-refractivity contribution in [2.45, 2.75) is 41.0 Å². The molecule has 0 aliphatic heterocycles. The minimum atomic E-state index is 0.00139. The van der Waals surface area contributed by atoms with E-state index in [0.29, 0.717) is 39.4 Å². The molecule has 0 saturated carbocycles. The molecule has 4 nitrogen and oxygen atoms in total. The van der Waals surface area contributed by atoms with Gasteiger partial charge >= 0.3 is 0 Å². The summed E-state index contributed by atoms with van der Waals surface area (Å²) in [5.41, 5.74) is 0.00139. The maximum Gasteiger partial charge on any atom is 0.137 e. The molecule has 0 radical (unpaired) electrons. The van der Waals surface area contributed by atoms with Crippen molar-refractivity contribution in [3.05, 3.63) is 0 Å². The van der Waals surface area contributed by atoms with Crippen molar-refractivity contribution in [3.8, 4) is 0 Å². The monoisotopic (exact) mass is 303 g/mol. The van der Waals surface area contributed by atoms with E-state index in [-0.39, 0.29) is 17.1 Å². The maximum absolute atomic E-state index is 11.3. The first kappa shape index (κ1) is 19.5. The van der Waals surface area contributed by atoms with E-state index in [2.05, 4.69) is 26.1 Å². The number of ether oxygens (including phenoxy) is 2. The summed E-state index contributed by atoms with van der Waals surface area (Å²) < 4.78 is 10.8. The molecule has 0 amide bonds. The fourth-order valence-electron chi connectivity index (χ4n) is 1.29. The van der Waals surface area contributed by atoms with E-state index in [1.54, 1.807) is 0 Å². The van der Waals surface area contributed by atoms with Crippen LogP contribution in [-0.2, 0) is 14.3 Å². The molecule has 1 N–H and O–H groups in total. The first-order chi connectivity index (χ1) is 9.25. The van der Waals surface area contributed by atoms with Gasteiger partial charge in [0, 0.05) is 24.3 Å². The summed E-state index contributed by atoms with van der Waals surface area (Å²) >= 11 is 5.25. The number of Topliss-reactive ketones (excluding diaryl/α,β-unsaturated/α-hetero) is 1. The summed E-state index contributed by atoms with van der Waals surface area (Å²) in [6.45, 7) is 12.9. The highest BCUT2D eigenvalue weighted by molar-refractivity contribution is 7.80. The Kier molecular flexibility index (Phi) is 9.98. The average Bonchev–Trinajstić information content (AvgIpc) is 2.34. The van der Waals surface area contributed by atoms with E-state index >= 15 is 0 Å². The maximum atomic E-state index is 11.3. The van der Waals surface area contributed by atoms with Gasteiger partial charge in [0.1, 0.15) is 5.78 Å². The fraction of sp³-hybridized carbons (Fsp3) is 0.867. The van der Waals surface area contributed by atoms with Crippen LogP contribution >= 0.6 is 12.2 Å². The number of carbonyl (C=O) groups excluding carboxylic acids is 1. The van der Waals surface area contributed by atoms with Crippen molar-refractivity contribution in [1.29, 1.82) is 0 Å². The molecule has 0 spiro atoms. The second kappa shape index (κ2) is 10.2. The number of hydrogen-bond donors (Lipinski definition) is 1. The standard InChI is InChI=1S/C15H29NO3S/c1-12(2)13(17)6-8-18-10-11-19-9-7-16-14(20)15(3,4)5/h12H,6-11H2,1-5H3,(H,16,20). The van der Waals surface area contributed by atoms with Crippen molar-refractivity contribution in [2.75, 3.05) is 33.0 Å². The number of rotatable bonds is 10. The molecule has 20 heavy (non-hydrogen) atoms. The molecule has 0 atom stereocenters. The second-order valence-electron chi connectivity index (χ2n) is 6.10. The van der Waals surface area contributed by atoms with Crippen LogP contribution in [-0.4, -0.2) is 43.7 Å². The van der Waals surface area contributed by atoms with Gasteiger partial charge in [0.05, 0.1) is 31.4 Å². The predicted molar refractivity (Wildman–Crippen MR) is 86.2 cm³/mol. The van der Waals surface area contributed by atoms with Crippen molar-refractivity contribution in [1.82, 2.24) is 5.32 Å². The third kappa shape index (κ3) is 10.3. The molecule has 118 valence electrons. The number of hydrogen-bond acceptors (Lipinski definition) is 4. The summed E-state index contributed by atoms with van der Waals surface area (Å²) in [7, 11) is 0. The van der Waals surface area contributed by atoms with E-state index in [0.717, 1.165) is 4.99 Å². The average molecular weight is 303 g/mol. The Morgan fingerprint density at radius 1 is 1.10 bits per heavy atom. The van der Waals surface area contributed by atoms with Gasteiger partial charge < -0.3 is 14.8 Å². The van der Waals surface area contributed by atoms with Crippen LogP contribution in [0.25, 0.3) is 0 Å². The lowest BCUT2D eigenvalue weighted by atomic mass is 9.97. The van der Waals surface area contributed by atoms with Gasteiger partial charge in [-0.05, 0) is 0 Å². The van der Waals surface area contributed by atoms with Gasteiger partial charge in [-0.3, -0.25) is 4.79 Å². The Labute approximate surface area is 128 Å². The Balaban J connectivity index is 3.34. The van der Waals surface area contributed by atoms with Crippen LogP contribution in [0.15, 0.2) is 0 Å². The van der Waals surface area contributed by atoms with Crippen molar-refractivity contribution < 1.29 is 14.3 Å². The summed E-state index contributed by atoms with van der Waals surface area (Å²) in [4.78, 5) is 12.2. The van der Waals surface area contributed by atoms with Crippen molar-refractivity contribution in [3.63, 3.8) is 0 Å². The Hall–Kier alpha value is -0.520. The van der Waals surface area contributed by atoms with E-state index in [1.165, 1.54) is 0 Å². The lowest BCUT2D eigenvalue weighted by Gasteiger charge is -2.21. The fourth-order valence-corrected chi connectivity index (χ4v) is 1.39. The van der Waals surface area contributed by atoms with Crippen molar-refractivity contribution >= 4 is 23.0 Å².